The molecule has 25 heavy (non-hydrogen) atoms. The predicted octanol–water partition coefficient (Wildman–Crippen LogP) is 3.12. The van der Waals surface area contributed by atoms with Crippen LogP contribution in [-0.4, -0.2) is 47.5 Å². The second-order valence-electron chi connectivity index (χ2n) is 6.88. The van der Waals surface area contributed by atoms with Crippen LogP contribution < -0.4 is 9.47 Å². The lowest BCUT2D eigenvalue weighted by molar-refractivity contribution is 0.0502. The van der Waals surface area contributed by atoms with E-state index in [9.17, 15) is 10.2 Å². The molecular formula is C20H23NO4. The number of ether oxygens (including phenoxy) is 2. The standard InChI is InChI=1S/C20H23NO4/c22-16-5-1-3-14(9-16)15-4-2-8-21(11-15)12-18-13-24-19-7-6-17(23)10-20(19)25-18/h1,3,5-7,9-10,15,18,22-23H,2,4,8,11-13H2/t15?,18-/m0/s1. The Kier molecular flexibility index (Phi) is 4.40. The second kappa shape index (κ2) is 6.84. The lowest BCUT2D eigenvalue weighted by atomic mass is 9.90. The van der Waals surface area contributed by atoms with E-state index < -0.39 is 0 Å². The SMILES string of the molecule is Oc1cccc(C2CCCN(C[C@H]3COc4ccc(O)cc4O3)C2)c1. The second-order valence-corrected chi connectivity index (χ2v) is 6.88. The van der Waals surface area contributed by atoms with Crippen molar-refractivity contribution in [1.29, 1.82) is 0 Å². The number of hydrogen-bond acceptors (Lipinski definition) is 5. The van der Waals surface area contributed by atoms with Crippen LogP contribution in [0.15, 0.2) is 42.5 Å². The number of fused-ring (bicyclic) bond motifs is 1. The fourth-order valence-corrected chi connectivity index (χ4v) is 3.75. The minimum atomic E-state index is -0.0442. The smallest absolute Gasteiger partial charge is 0.165 e. The molecule has 0 aliphatic carbocycles. The van der Waals surface area contributed by atoms with E-state index in [-0.39, 0.29) is 11.9 Å². The first-order valence-corrected chi connectivity index (χ1v) is 8.81. The van der Waals surface area contributed by atoms with Gasteiger partial charge in [0, 0.05) is 19.2 Å². The highest BCUT2D eigenvalue weighted by Crippen LogP contribution is 2.35. The third-order valence-corrected chi connectivity index (χ3v) is 4.95. The van der Waals surface area contributed by atoms with Gasteiger partial charge >= 0.3 is 0 Å². The molecule has 2 aromatic carbocycles. The van der Waals surface area contributed by atoms with Gasteiger partial charge in [-0.05, 0) is 55.1 Å². The number of phenolic OH excluding ortho intramolecular Hbond substituents is 2. The molecule has 1 saturated heterocycles. The third-order valence-electron chi connectivity index (χ3n) is 4.95. The summed E-state index contributed by atoms with van der Waals surface area (Å²) in [4.78, 5) is 2.40. The Hall–Kier alpha value is -2.40. The van der Waals surface area contributed by atoms with Crippen LogP contribution in [0.2, 0.25) is 0 Å². The van der Waals surface area contributed by atoms with Crippen LogP contribution in [0.25, 0.3) is 0 Å². The summed E-state index contributed by atoms with van der Waals surface area (Å²) in [6.45, 7) is 3.31. The van der Waals surface area contributed by atoms with E-state index in [4.69, 9.17) is 9.47 Å². The molecule has 2 heterocycles. The van der Waals surface area contributed by atoms with Crippen molar-refractivity contribution in [3.05, 3.63) is 48.0 Å². The van der Waals surface area contributed by atoms with Gasteiger partial charge in [0.2, 0.25) is 0 Å². The van der Waals surface area contributed by atoms with Crippen molar-refractivity contribution in [2.75, 3.05) is 26.2 Å². The van der Waals surface area contributed by atoms with Crippen LogP contribution in [-0.2, 0) is 0 Å². The molecule has 4 rings (SSSR count). The highest BCUT2D eigenvalue weighted by Gasteiger charge is 2.27. The van der Waals surface area contributed by atoms with Gasteiger partial charge < -0.3 is 19.7 Å². The lowest BCUT2D eigenvalue weighted by Gasteiger charge is -2.36. The zero-order valence-electron chi connectivity index (χ0n) is 14.1. The Labute approximate surface area is 147 Å². The molecule has 2 aromatic rings. The molecule has 2 aliphatic rings. The zero-order valence-corrected chi connectivity index (χ0v) is 14.1. The maximum absolute atomic E-state index is 9.72. The number of hydrogen-bond donors (Lipinski definition) is 2. The largest absolute Gasteiger partial charge is 0.508 e. The fraction of sp³-hybridized carbons (Fsp3) is 0.400. The highest BCUT2D eigenvalue weighted by atomic mass is 16.6. The molecule has 0 aromatic heterocycles. The first kappa shape index (κ1) is 16.1. The first-order valence-electron chi connectivity index (χ1n) is 8.81. The van der Waals surface area contributed by atoms with Crippen LogP contribution in [0.4, 0.5) is 0 Å². The van der Waals surface area contributed by atoms with E-state index in [1.54, 1.807) is 24.3 Å². The van der Waals surface area contributed by atoms with Gasteiger partial charge in [-0.25, -0.2) is 0 Å². The summed E-state index contributed by atoms with van der Waals surface area (Å²) in [5.74, 6) is 2.24. The molecule has 1 unspecified atom stereocenters. The van der Waals surface area contributed by atoms with E-state index in [2.05, 4.69) is 11.0 Å². The van der Waals surface area contributed by atoms with Crippen molar-refractivity contribution in [3.8, 4) is 23.0 Å². The number of rotatable bonds is 3. The summed E-state index contributed by atoms with van der Waals surface area (Å²) in [6, 6.07) is 12.5. The average molecular weight is 341 g/mol. The van der Waals surface area contributed by atoms with Gasteiger partial charge in [0.15, 0.2) is 11.5 Å². The van der Waals surface area contributed by atoms with Gasteiger partial charge in [-0.15, -0.1) is 0 Å². The van der Waals surface area contributed by atoms with Gasteiger partial charge in [0.25, 0.3) is 0 Å². The van der Waals surface area contributed by atoms with Crippen molar-refractivity contribution in [2.45, 2.75) is 24.9 Å². The van der Waals surface area contributed by atoms with Crippen molar-refractivity contribution >= 4 is 0 Å². The molecular weight excluding hydrogens is 318 g/mol. The van der Waals surface area contributed by atoms with Crippen LogP contribution in [0, 0.1) is 0 Å². The molecule has 2 aliphatic heterocycles. The highest BCUT2D eigenvalue weighted by molar-refractivity contribution is 5.46. The molecule has 0 bridgehead atoms. The Bertz CT molecular complexity index is 748. The summed E-state index contributed by atoms with van der Waals surface area (Å²) in [6.07, 6.45) is 2.22. The molecule has 2 atom stereocenters. The summed E-state index contributed by atoms with van der Waals surface area (Å²) < 4.78 is 11.8. The van der Waals surface area contributed by atoms with Gasteiger partial charge in [0.1, 0.15) is 24.2 Å². The van der Waals surface area contributed by atoms with E-state index in [1.807, 2.05) is 12.1 Å². The number of nitrogens with zero attached hydrogens (tertiary/aromatic N) is 1. The fourth-order valence-electron chi connectivity index (χ4n) is 3.75. The first-order chi connectivity index (χ1) is 12.2. The molecule has 132 valence electrons. The van der Waals surface area contributed by atoms with Crippen molar-refractivity contribution in [1.82, 2.24) is 4.90 Å². The maximum atomic E-state index is 9.72. The monoisotopic (exact) mass is 341 g/mol. The molecule has 1 fully saturated rings. The molecule has 5 nitrogen and oxygen atoms in total. The van der Waals surface area contributed by atoms with E-state index in [0.29, 0.717) is 29.8 Å². The quantitative estimate of drug-likeness (QED) is 0.898. The van der Waals surface area contributed by atoms with Crippen molar-refractivity contribution in [2.24, 2.45) is 0 Å². The lowest BCUT2D eigenvalue weighted by Crippen LogP contribution is -2.44. The van der Waals surface area contributed by atoms with Crippen LogP contribution in [0.1, 0.15) is 24.3 Å². The predicted molar refractivity (Wildman–Crippen MR) is 94.5 cm³/mol. The summed E-state index contributed by atoms with van der Waals surface area (Å²) >= 11 is 0. The van der Waals surface area contributed by atoms with Gasteiger partial charge in [-0.3, -0.25) is 4.90 Å². The summed E-state index contributed by atoms with van der Waals surface area (Å²) in [7, 11) is 0. The Morgan fingerprint density at radius 1 is 1.04 bits per heavy atom. The number of phenols is 2. The van der Waals surface area contributed by atoms with E-state index >= 15 is 0 Å². The summed E-state index contributed by atoms with van der Waals surface area (Å²) in [5, 5.41) is 19.3. The number of benzene rings is 2. The molecule has 5 heteroatoms. The summed E-state index contributed by atoms with van der Waals surface area (Å²) in [5.41, 5.74) is 1.20. The van der Waals surface area contributed by atoms with Crippen LogP contribution in [0.5, 0.6) is 23.0 Å². The number of aromatic hydroxyl groups is 2. The molecule has 2 N–H and O–H groups in total. The van der Waals surface area contributed by atoms with Gasteiger partial charge in [-0.2, -0.15) is 0 Å². The van der Waals surface area contributed by atoms with Gasteiger partial charge in [-0.1, -0.05) is 12.1 Å². The minimum absolute atomic E-state index is 0.0442. The van der Waals surface area contributed by atoms with Crippen LogP contribution >= 0.6 is 0 Å². The Morgan fingerprint density at radius 2 is 1.92 bits per heavy atom. The minimum Gasteiger partial charge on any atom is -0.508 e. The average Bonchev–Trinajstić information content (AvgIpc) is 2.62. The Balaban J connectivity index is 1.40. The molecule has 0 amide bonds. The van der Waals surface area contributed by atoms with E-state index in [1.165, 1.54) is 5.56 Å². The zero-order chi connectivity index (χ0) is 17.2. The maximum Gasteiger partial charge on any atom is 0.165 e. The number of likely N-dealkylation sites (tertiary alicyclic amines) is 1. The molecule has 0 radical (unpaired) electrons. The van der Waals surface area contributed by atoms with Crippen LogP contribution in [0.3, 0.4) is 0 Å². The third kappa shape index (κ3) is 3.66. The van der Waals surface area contributed by atoms with Gasteiger partial charge in [0.05, 0.1) is 0 Å². The van der Waals surface area contributed by atoms with Crippen molar-refractivity contribution < 1.29 is 19.7 Å². The van der Waals surface area contributed by atoms with Crippen molar-refractivity contribution in [3.63, 3.8) is 0 Å². The Morgan fingerprint density at radius 3 is 2.80 bits per heavy atom. The van der Waals surface area contributed by atoms with E-state index in [0.717, 1.165) is 32.5 Å². The number of piperidine rings is 1. The topological polar surface area (TPSA) is 62.2 Å². The molecule has 0 saturated carbocycles. The molecule has 0 spiro atoms. The normalized spacial score (nSPS) is 23.4.